The molecule has 2 aromatic carbocycles. The predicted octanol–water partition coefficient (Wildman–Crippen LogP) is 6.84. The molecule has 0 aliphatic carbocycles. The molecule has 47 heavy (non-hydrogen) atoms. The van der Waals surface area contributed by atoms with Gasteiger partial charge in [-0.15, -0.1) is 11.3 Å². The fraction of sp³-hybridized carbons (Fsp3) is 0.333. The Kier molecular flexibility index (Phi) is 8.90. The van der Waals surface area contributed by atoms with Gasteiger partial charge in [-0.2, -0.15) is 0 Å². The molecule has 0 unspecified atom stereocenters. The second-order valence-electron chi connectivity index (χ2n) is 12.3. The van der Waals surface area contributed by atoms with E-state index in [-0.39, 0.29) is 23.9 Å². The molecule has 3 aliphatic rings. The third-order valence-electron chi connectivity index (χ3n) is 8.98. The van der Waals surface area contributed by atoms with Crippen molar-refractivity contribution in [1.82, 2.24) is 20.1 Å². The smallest absolute Gasteiger partial charge is 0.331 e. The van der Waals surface area contributed by atoms with E-state index in [9.17, 15) is 14.4 Å². The Balaban J connectivity index is 1.06. The van der Waals surface area contributed by atoms with E-state index in [1.165, 1.54) is 30.6 Å². The van der Waals surface area contributed by atoms with E-state index in [0.717, 1.165) is 49.2 Å². The maximum atomic E-state index is 13.7. The number of para-hydroxylation sites is 1. The third kappa shape index (κ3) is 6.59. The lowest BCUT2D eigenvalue weighted by Gasteiger charge is -2.33. The standard InChI is InChI=1S/C36H38N6O4S/c1-24-22-27(46-26-11-4-2-5-12-26)14-15-28(24)42-29-16-17-37-35-31(29)32(39-36(42)45)33(47-35)34(44)38-25-10-8-21-41(23-25)30(43)13-9-20-40-18-6-3-7-19-40/h2,4-5,9,11-17,22,25H,3,6-8,10,18-21,23H2,1H3,(H,38,44)(H,39,45)/b13-9+/t25-/m1/s1. The van der Waals surface area contributed by atoms with Crippen LogP contribution in [0, 0.1) is 6.92 Å². The summed E-state index contributed by atoms with van der Waals surface area (Å²) in [7, 11) is 0. The summed E-state index contributed by atoms with van der Waals surface area (Å²) in [6.07, 6.45) is 10.6. The maximum absolute atomic E-state index is 13.7. The lowest BCUT2D eigenvalue weighted by atomic mass is 10.0. The lowest BCUT2D eigenvalue weighted by molar-refractivity contribution is -0.127. The van der Waals surface area contributed by atoms with E-state index in [0.29, 0.717) is 45.6 Å². The zero-order valence-corrected chi connectivity index (χ0v) is 27.2. The van der Waals surface area contributed by atoms with E-state index in [1.807, 2.05) is 66.4 Å². The highest BCUT2D eigenvalue weighted by atomic mass is 32.1. The number of hydrogen-bond acceptors (Lipinski definition) is 7. The van der Waals surface area contributed by atoms with Crippen molar-refractivity contribution in [2.45, 2.75) is 45.1 Å². The van der Waals surface area contributed by atoms with E-state index in [4.69, 9.17) is 4.74 Å². The van der Waals surface area contributed by atoms with Crippen molar-refractivity contribution in [3.63, 3.8) is 0 Å². The average Bonchev–Trinajstić information content (AvgIpc) is 3.46. The number of anilines is 3. The predicted molar refractivity (Wildman–Crippen MR) is 185 cm³/mol. The molecule has 10 nitrogen and oxygen atoms in total. The fourth-order valence-electron chi connectivity index (χ4n) is 6.65. The van der Waals surface area contributed by atoms with Crippen molar-refractivity contribution < 1.29 is 19.1 Å². The molecular formula is C36H38N6O4S. The van der Waals surface area contributed by atoms with Crippen LogP contribution in [-0.2, 0) is 4.79 Å². The molecule has 7 rings (SSSR count). The summed E-state index contributed by atoms with van der Waals surface area (Å²) < 4.78 is 6.00. The zero-order chi connectivity index (χ0) is 32.3. The lowest BCUT2D eigenvalue weighted by Crippen LogP contribution is -2.49. The molecule has 3 aliphatic heterocycles. The monoisotopic (exact) mass is 650 g/mol. The van der Waals surface area contributed by atoms with Crippen LogP contribution in [0.25, 0.3) is 10.2 Å². The largest absolute Gasteiger partial charge is 0.457 e. The number of carbonyl (C=O) groups is 3. The van der Waals surface area contributed by atoms with Crippen LogP contribution < -0.4 is 20.3 Å². The Morgan fingerprint density at radius 2 is 1.85 bits per heavy atom. The van der Waals surface area contributed by atoms with Crippen LogP contribution in [0.15, 0.2) is 72.9 Å². The van der Waals surface area contributed by atoms with Crippen molar-refractivity contribution in [2.75, 3.05) is 42.9 Å². The summed E-state index contributed by atoms with van der Waals surface area (Å²) in [6.45, 7) is 6.02. The molecule has 4 amide bonds. The first-order valence-corrected chi connectivity index (χ1v) is 17.1. The summed E-state index contributed by atoms with van der Waals surface area (Å²) in [5, 5.41) is 6.85. The molecule has 0 radical (unpaired) electrons. The average molecular weight is 651 g/mol. The van der Waals surface area contributed by atoms with E-state index in [1.54, 1.807) is 23.2 Å². The molecule has 2 fully saturated rings. The molecular weight excluding hydrogens is 613 g/mol. The molecule has 242 valence electrons. The van der Waals surface area contributed by atoms with Gasteiger partial charge < -0.3 is 20.3 Å². The number of rotatable bonds is 8. The van der Waals surface area contributed by atoms with Gasteiger partial charge in [0.1, 0.15) is 21.2 Å². The Bertz CT molecular complexity index is 1830. The SMILES string of the molecule is Cc1cc(Oc2ccccc2)ccc1N1C(=O)Nc2c(C(=O)N[C@@H]3CCCN(C(=O)/C=C/CN4CCCCC4)C3)sc3nccc1c23. The van der Waals surface area contributed by atoms with Gasteiger partial charge in [-0.1, -0.05) is 30.7 Å². The number of ether oxygens (including phenoxy) is 1. The first-order valence-electron chi connectivity index (χ1n) is 16.3. The molecule has 0 saturated carbocycles. The van der Waals surface area contributed by atoms with Crippen LogP contribution in [-0.4, -0.2) is 71.4 Å². The van der Waals surface area contributed by atoms with E-state index >= 15 is 0 Å². The normalized spacial score (nSPS) is 18.4. The summed E-state index contributed by atoms with van der Waals surface area (Å²) >= 11 is 1.26. The number of urea groups is 1. The van der Waals surface area contributed by atoms with E-state index in [2.05, 4.69) is 20.5 Å². The highest BCUT2D eigenvalue weighted by Crippen LogP contribution is 2.46. The number of carbonyl (C=O) groups excluding carboxylic acids is 3. The molecule has 5 heterocycles. The fourth-order valence-corrected chi connectivity index (χ4v) is 7.67. The first-order chi connectivity index (χ1) is 22.9. The molecule has 2 aromatic heterocycles. The quantitative estimate of drug-likeness (QED) is 0.202. The van der Waals surface area contributed by atoms with Gasteiger partial charge in [0.05, 0.1) is 22.4 Å². The second-order valence-corrected chi connectivity index (χ2v) is 13.3. The van der Waals surface area contributed by atoms with Gasteiger partial charge in [-0.25, -0.2) is 9.78 Å². The van der Waals surface area contributed by atoms with Crippen molar-refractivity contribution in [3.8, 4) is 11.5 Å². The van der Waals surface area contributed by atoms with Gasteiger partial charge in [-0.05, 0) is 87.7 Å². The molecule has 0 bridgehead atoms. The van der Waals surface area contributed by atoms with Gasteiger partial charge in [0.25, 0.3) is 5.91 Å². The molecule has 2 N–H and O–H groups in total. The topological polar surface area (TPSA) is 107 Å². The summed E-state index contributed by atoms with van der Waals surface area (Å²) in [6, 6.07) is 16.4. The molecule has 1 atom stereocenters. The van der Waals surface area contributed by atoms with Gasteiger partial charge in [0.2, 0.25) is 5.91 Å². The second kappa shape index (κ2) is 13.5. The Hall–Kier alpha value is -4.74. The number of nitrogens with one attached hydrogen (secondary N) is 2. The third-order valence-corrected chi connectivity index (χ3v) is 10.1. The molecule has 2 saturated heterocycles. The molecule has 4 aromatic rings. The van der Waals surface area contributed by atoms with Gasteiger partial charge >= 0.3 is 6.03 Å². The number of hydrogen-bond donors (Lipinski definition) is 2. The molecule has 0 spiro atoms. The van der Waals surface area contributed by atoms with Crippen LogP contribution in [0.4, 0.5) is 21.9 Å². The number of thiophene rings is 1. The Labute approximate surface area is 278 Å². The number of amides is 4. The summed E-state index contributed by atoms with van der Waals surface area (Å²) in [5.74, 6) is 1.10. The minimum atomic E-state index is -0.358. The molecule has 11 heteroatoms. The summed E-state index contributed by atoms with van der Waals surface area (Å²) in [4.78, 5) is 51.7. The maximum Gasteiger partial charge on any atom is 0.331 e. The number of aryl methyl sites for hydroxylation is 1. The van der Waals surface area contributed by atoms with Crippen molar-refractivity contribution >= 4 is 56.5 Å². The zero-order valence-electron chi connectivity index (χ0n) is 26.4. The first kappa shape index (κ1) is 30.9. The van der Waals surface area contributed by atoms with E-state index < -0.39 is 0 Å². The van der Waals surface area contributed by atoms with Crippen molar-refractivity contribution in [3.05, 3.63) is 83.4 Å². The van der Waals surface area contributed by atoms with Crippen LogP contribution in [0.3, 0.4) is 0 Å². The van der Waals surface area contributed by atoms with Crippen LogP contribution in [0.1, 0.15) is 47.3 Å². The van der Waals surface area contributed by atoms with Gasteiger partial charge in [0.15, 0.2) is 0 Å². The van der Waals surface area contributed by atoms with Crippen LogP contribution in [0.5, 0.6) is 11.5 Å². The van der Waals surface area contributed by atoms with Gasteiger partial charge in [0, 0.05) is 37.9 Å². The van der Waals surface area contributed by atoms with Crippen LogP contribution >= 0.6 is 11.3 Å². The van der Waals surface area contributed by atoms with Crippen molar-refractivity contribution in [1.29, 1.82) is 0 Å². The number of likely N-dealkylation sites (tertiary alicyclic amines) is 2. The minimum absolute atomic E-state index is 0.0194. The summed E-state index contributed by atoms with van der Waals surface area (Å²) in [5.41, 5.74) is 2.69. The Morgan fingerprint density at radius 3 is 2.66 bits per heavy atom. The van der Waals surface area contributed by atoms with Crippen molar-refractivity contribution in [2.24, 2.45) is 0 Å². The minimum Gasteiger partial charge on any atom is -0.457 e. The van der Waals surface area contributed by atoms with Gasteiger partial charge in [-0.3, -0.25) is 19.4 Å². The number of piperidine rings is 2. The Morgan fingerprint density at radius 1 is 1.02 bits per heavy atom. The number of nitrogens with zero attached hydrogens (tertiary/aromatic N) is 4. The van der Waals surface area contributed by atoms with Crippen LogP contribution in [0.2, 0.25) is 0 Å². The number of pyridine rings is 1. The number of benzene rings is 2. The highest BCUT2D eigenvalue weighted by Gasteiger charge is 2.34. The highest BCUT2D eigenvalue weighted by molar-refractivity contribution is 7.21. The number of aromatic nitrogens is 1.